The van der Waals surface area contributed by atoms with Crippen molar-refractivity contribution in [1.29, 1.82) is 0 Å². The van der Waals surface area contributed by atoms with Crippen molar-refractivity contribution in [2.75, 3.05) is 0 Å². The molecule has 0 unspecified atom stereocenters. The molecule has 0 spiro atoms. The molecule has 1 heterocycles. The first-order valence-corrected chi connectivity index (χ1v) is 5.78. The van der Waals surface area contributed by atoms with Crippen LogP contribution >= 0.6 is 22.7 Å². The molecular formula is C10H8O2S2. The molecule has 0 aliphatic rings. The smallest absolute Gasteiger partial charge is 0.287 e. The van der Waals surface area contributed by atoms with Gasteiger partial charge in [-0.3, -0.25) is 4.79 Å². The molecular weight excluding hydrogens is 216 g/mol. The minimum absolute atomic E-state index is 0.0557. The van der Waals surface area contributed by atoms with Crippen molar-refractivity contribution in [3.8, 4) is 10.4 Å². The zero-order chi connectivity index (χ0) is 9.97. The van der Waals surface area contributed by atoms with Crippen LogP contribution < -0.4 is 4.06 Å². The predicted molar refractivity (Wildman–Crippen MR) is 59.8 cm³/mol. The van der Waals surface area contributed by atoms with Gasteiger partial charge < -0.3 is 5.11 Å². The molecule has 1 aromatic carbocycles. The third-order valence-electron chi connectivity index (χ3n) is 1.88. The molecule has 0 saturated carbocycles. The van der Waals surface area contributed by atoms with E-state index in [4.69, 9.17) is 5.11 Å². The van der Waals surface area contributed by atoms with Gasteiger partial charge in [-0.05, 0) is 11.1 Å². The number of aliphatic hydroxyl groups excluding tert-OH is 1. The van der Waals surface area contributed by atoms with Gasteiger partial charge >= 0.3 is 0 Å². The highest BCUT2D eigenvalue weighted by Gasteiger charge is 2.00. The van der Waals surface area contributed by atoms with E-state index in [0.717, 1.165) is 16.0 Å². The second kappa shape index (κ2) is 4.04. The summed E-state index contributed by atoms with van der Waals surface area (Å²) in [6.45, 7) is 0.0557. The van der Waals surface area contributed by atoms with Crippen LogP contribution in [0, 0.1) is 0 Å². The summed E-state index contributed by atoms with van der Waals surface area (Å²) in [5.74, 6) is 0. The normalized spacial score (nSPS) is 10.4. The first kappa shape index (κ1) is 9.58. The van der Waals surface area contributed by atoms with Crippen LogP contribution in [0.4, 0.5) is 0 Å². The molecule has 0 saturated heterocycles. The zero-order valence-corrected chi connectivity index (χ0v) is 8.90. The molecule has 0 radical (unpaired) electrons. The van der Waals surface area contributed by atoms with Crippen molar-refractivity contribution in [2.24, 2.45) is 0 Å². The van der Waals surface area contributed by atoms with Crippen molar-refractivity contribution in [1.82, 2.24) is 0 Å². The Labute approximate surface area is 89.1 Å². The highest BCUT2D eigenvalue weighted by Crippen LogP contribution is 2.23. The molecule has 0 atom stereocenters. The molecule has 2 nitrogen and oxygen atoms in total. The minimum Gasteiger partial charge on any atom is -0.392 e. The molecule has 0 aliphatic carbocycles. The molecule has 2 aromatic rings. The molecule has 2 rings (SSSR count). The van der Waals surface area contributed by atoms with Gasteiger partial charge in [-0.15, -0.1) is 0 Å². The average molecular weight is 224 g/mol. The first-order valence-electron chi connectivity index (χ1n) is 4.08. The Bertz CT molecular complexity index is 467. The summed E-state index contributed by atoms with van der Waals surface area (Å²) in [5, 5.41) is 10.7. The maximum absolute atomic E-state index is 11.0. The van der Waals surface area contributed by atoms with Gasteiger partial charge in [-0.2, -0.15) is 0 Å². The van der Waals surface area contributed by atoms with Crippen LogP contribution in [0.15, 0.2) is 34.4 Å². The van der Waals surface area contributed by atoms with E-state index in [1.165, 1.54) is 22.7 Å². The van der Waals surface area contributed by atoms with Crippen molar-refractivity contribution >= 4 is 22.7 Å². The quantitative estimate of drug-likeness (QED) is 0.850. The molecule has 14 heavy (non-hydrogen) atoms. The molecule has 0 bridgehead atoms. The third-order valence-corrected chi connectivity index (χ3v) is 3.85. The maximum Gasteiger partial charge on any atom is 0.287 e. The van der Waals surface area contributed by atoms with Gasteiger partial charge in [0.15, 0.2) is 0 Å². The lowest BCUT2D eigenvalue weighted by molar-refractivity contribution is 0.282. The standard InChI is InChI=1S/C10H8O2S2/c11-5-7-1-3-8(4-2-7)9-6-13-10(12)14-9/h1-4,6,11H,5H2. The summed E-state index contributed by atoms with van der Waals surface area (Å²) in [7, 11) is 0. The maximum atomic E-state index is 11.0. The first-order chi connectivity index (χ1) is 6.79. The molecule has 4 heteroatoms. The summed E-state index contributed by atoms with van der Waals surface area (Å²) in [6, 6.07) is 7.57. The molecule has 1 aromatic heterocycles. The Balaban J connectivity index is 2.38. The third kappa shape index (κ3) is 1.92. The van der Waals surface area contributed by atoms with Crippen LogP contribution in [0.2, 0.25) is 0 Å². The summed E-state index contributed by atoms with van der Waals surface area (Å²) in [6.07, 6.45) is 0. The highest BCUT2D eigenvalue weighted by atomic mass is 32.2. The number of aliphatic hydroxyl groups is 1. The van der Waals surface area contributed by atoms with E-state index < -0.39 is 0 Å². The fourth-order valence-corrected chi connectivity index (χ4v) is 2.86. The van der Waals surface area contributed by atoms with Gasteiger partial charge in [0.2, 0.25) is 0 Å². The van der Waals surface area contributed by atoms with Crippen molar-refractivity contribution < 1.29 is 5.11 Å². The summed E-state index contributed by atoms with van der Waals surface area (Å²) in [4.78, 5) is 12.0. The lowest BCUT2D eigenvalue weighted by Gasteiger charge is -1.98. The second-order valence-corrected chi connectivity index (χ2v) is 4.92. The Morgan fingerprint density at radius 1 is 1.21 bits per heavy atom. The van der Waals surface area contributed by atoms with E-state index in [1.807, 2.05) is 29.6 Å². The number of hydrogen-bond acceptors (Lipinski definition) is 4. The van der Waals surface area contributed by atoms with Crippen LogP contribution in [-0.2, 0) is 6.61 Å². The molecule has 0 fully saturated rings. The van der Waals surface area contributed by atoms with Gasteiger partial charge in [-0.25, -0.2) is 0 Å². The monoisotopic (exact) mass is 224 g/mol. The summed E-state index contributed by atoms with van der Waals surface area (Å²) >= 11 is 2.48. The van der Waals surface area contributed by atoms with Crippen LogP contribution in [0.5, 0.6) is 0 Å². The predicted octanol–water partition coefficient (Wildman–Crippen LogP) is 2.33. The van der Waals surface area contributed by atoms with Crippen LogP contribution in [0.1, 0.15) is 5.56 Å². The molecule has 72 valence electrons. The number of benzene rings is 1. The van der Waals surface area contributed by atoms with Crippen molar-refractivity contribution in [3.05, 3.63) is 44.1 Å². The average Bonchev–Trinajstić information content (AvgIpc) is 2.65. The van der Waals surface area contributed by atoms with E-state index in [1.54, 1.807) is 0 Å². The van der Waals surface area contributed by atoms with Crippen LogP contribution in [0.25, 0.3) is 10.4 Å². The van der Waals surface area contributed by atoms with Crippen molar-refractivity contribution in [3.63, 3.8) is 0 Å². The molecule has 1 N–H and O–H groups in total. The summed E-state index contributed by atoms with van der Waals surface area (Å²) in [5.41, 5.74) is 1.92. The van der Waals surface area contributed by atoms with E-state index in [0.29, 0.717) is 0 Å². The topological polar surface area (TPSA) is 37.3 Å². The fraction of sp³-hybridized carbons (Fsp3) is 0.100. The van der Waals surface area contributed by atoms with Gasteiger partial charge in [0, 0.05) is 10.3 Å². The van der Waals surface area contributed by atoms with Gasteiger partial charge in [0.1, 0.15) is 0 Å². The van der Waals surface area contributed by atoms with E-state index in [2.05, 4.69) is 0 Å². The SMILES string of the molecule is O=c1scc(-c2ccc(CO)cc2)s1. The number of rotatable bonds is 2. The lowest BCUT2D eigenvalue weighted by atomic mass is 10.1. The van der Waals surface area contributed by atoms with E-state index >= 15 is 0 Å². The van der Waals surface area contributed by atoms with Gasteiger partial charge in [0.05, 0.1) is 6.61 Å². The molecule has 0 aliphatic heterocycles. The van der Waals surface area contributed by atoms with Crippen LogP contribution in [-0.4, -0.2) is 5.11 Å². The van der Waals surface area contributed by atoms with Crippen molar-refractivity contribution in [2.45, 2.75) is 6.61 Å². The Kier molecular flexibility index (Phi) is 2.77. The van der Waals surface area contributed by atoms with Gasteiger partial charge in [-0.1, -0.05) is 46.9 Å². The largest absolute Gasteiger partial charge is 0.392 e. The zero-order valence-electron chi connectivity index (χ0n) is 7.27. The van der Waals surface area contributed by atoms with E-state index in [9.17, 15) is 4.79 Å². The van der Waals surface area contributed by atoms with E-state index in [-0.39, 0.29) is 10.7 Å². The fourth-order valence-electron chi connectivity index (χ4n) is 1.14. The Hall–Kier alpha value is -0.970. The molecule has 0 amide bonds. The Morgan fingerprint density at radius 3 is 2.43 bits per heavy atom. The number of hydrogen-bond donors (Lipinski definition) is 1. The van der Waals surface area contributed by atoms with Crippen LogP contribution in [0.3, 0.4) is 0 Å². The lowest BCUT2D eigenvalue weighted by Crippen LogP contribution is -1.81. The second-order valence-electron chi connectivity index (χ2n) is 2.81. The minimum atomic E-state index is 0.0557. The highest BCUT2D eigenvalue weighted by molar-refractivity contribution is 7.28. The van der Waals surface area contributed by atoms with Gasteiger partial charge in [0.25, 0.3) is 4.06 Å². The summed E-state index contributed by atoms with van der Waals surface area (Å²) < 4.78 is 0.117. The Morgan fingerprint density at radius 2 is 1.93 bits per heavy atom.